The molecule has 3 rings (SSSR count). The van der Waals surface area contributed by atoms with E-state index in [1.165, 1.54) is 0 Å². The molecule has 0 saturated carbocycles. The normalized spacial score (nSPS) is 10.9. The Bertz CT molecular complexity index is 875. The van der Waals surface area contributed by atoms with Crippen LogP contribution in [0.5, 0.6) is 5.75 Å². The zero-order valence-electron chi connectivity index (χ0n) is 12.4. The second-order valence-electron chi connectivity index (χ2n) is 5.15. The molecule has 0 aliphatic heterocycles. The molecule has 0 bridgehead atoms. The van der Waals surface area contributed by atoms with E-state index in [4.69, 9.17) is 16.3 Å². The number of para-hydroxylation sites is 1. The molecule has 4 nitrogen and oxygen atoms in total. The van der Waals surface area contributed by atoms with Crippen LogP contribution in [0.3, 0.4) is 0 Å². The fourth-order valence-electron chi connectivity index (χ4n) is 2.51. The standard InChI is InChI=1S/C18H16ClNO3/c19-15-7-6-13-10-14(12-21)18(22)20(17(13)11-15)8-9-23-16-4-2-1-3-5-16/h1-7,10-11,21H,8-9,12H2. The number of fused-ring (bicyclic) bond motifs is 1. The number of ether oxygens (including phenoxy) is 1. The average molecular weight is 330 g/mol. The minimum atomic E-state index is -0.295. The zero-order chi connectivity index (χ0) is 16.2. The van der Waals surface area contributed by atoms with E-state index in [1.807, 2.05) is 36.4 Å². The van der Waals surface area contributed by atoms with Gasteiger partial charge in [-0.15, -0.1) is 0 Å². The van der Waals surface area contributed by atoms with Crippen molar-refractivity contribution in [3.05, 3.63) is 75.5 Å². The van der Waals surface area contributed by atoms with Crippen molar-refractivity contribution in [2.75, 3.05) is 6.61 Å². The predicted molar refractivity (Wildman–Crippen MR) is 91.1 cm³/mol. The Balaban J connectivity index is 1.93. The molecular weight excluding hydrogens is 314 g/mol. The highest BCUT2D eigenvalue weighted by molar-refractivity contribution is 6.31. The minimum absolute atomic E-state index is 0.223. The van der Waals surface area contributed by atoms with Crippen LogP contribution in [0.25, 0.3) is 10.9 Å². The molecule has 118 valence electrons. The van der Waals surface area contributed by atoms with Crippen molar-refractivity contribution in [1.29, 1.82) is 0 Å². The van der Waals surface area contributed by atoms with Crippen molar-refractivity contribution in [3.63, 3.8) is 0 Å². The van der Waals surface area contributed by atoms with Crippen LogP contribution in [-0.4, -0.2) is 16.3 Å². The van der Waals surface area contributed by atoms with Crippen LogP contribution in [0.4, 0.5) is 0 Å². The van der Waals surface area contributed by atoms with E-state index in [0.29, 0.717) is 23.7 Å². The number of hydrogen-bond donors (Lipinski definition) is 1. The molecule has 23 heavy (non-hydrogen) atoms. The molecular formula is C18H16ClNO3. The fourth-order valence-corrected chi connectivity index (χ4v) is 2.68. The number of nitrogens with zero attached hydrogens (tertiary/aromatic N) is 1. The molecule has 1 heterocycles. The van der Waals surface area contributed by atoms with Gasteiger partial charge in [-0.2, -0.15) is 0 Å². The van der Waals surface area contributed by atoms with Gasteiger partial charge in [0.15, 0.2) is 0 Å². The molecule has 3 aromatic rings. The van der Waals surface area contributed by atoms with Crippen molar-refractivity contribution < 1.29 is 9.84 Å². The van der Waals surface area contributed by atoms with Crippen molar-refractivity contribution in [3.8, 4) is 5.75 Å². The third kappa shape index (κ3) is 3.38. The largest absolute Gasteiger partial charge is 0.492 e. The number of aliphatic hydroxyl groups is 1. The summed E-state index contributed by atoms with van der Waals surface area (Å²) >= 11 is 6.05. The lowest BCUT2D eigenvalue weighted by molar-refractivity contribution is 0.276. The molecule has 0 unspecified atom stereocenters. The monoisotopic (exact) mass is 329 g/mol. The summed E-state index contributed by atoms with van der Waals surface area (Å²) in [6.45, 7) is 0.426. The second kappa shape index (κ2) is 6.86. The zero-order valence-corrected chi connectivity index (χ0v) is 13.2. The van der Waals surface area contributed by atoms with Gasteiger partial charge in [0.25, 0.3) is 5.56 Å². The number of aromatic nitrogens is 1. The lowest BCUT2D eigenvalue weighted by Crippen LogP contribution is -2.26. The van der Waals surface area contributed by atoms with E-state index in [9.17, 15) is 9.90 Å². The second-order valence-corrected chi connectivity index (χ2v) is 5.59. The highest BCUT2D eigenvalue weighted by Crippen LogP contribution is 2.19. The van der Waals surface area contributed by atoms with Crippen LogP contribution >= 0.6 is 11.6 Å². The Morgan fingerprint density at radius 1 is 1.09 bits per heavy atom. The van der Waals surface area contributed by atoms with Gasteiger partial charge in [-0.1, -0.05) is 35.9 Å². The van der Waals surface area contributed by atoms with Crippen LogP contribution in [0.2, 0.25) is 5.02 Å². The van der Waals surface area contributed by atoms with Gasteiger partial charge in [0.2, 0.25) is 0 Å². The summed E-state index contributed by atoms with van der Waals surface area (Å²) in [4.78, 5) is 12.5. The number of aliphatic hydroxyl groups excluding tert-OH is 1. The molecule has 2 aromatic carbocycles. The summed E-state index contributed by atoms with van der Waals surface area (Å²) in [6, 6.07) is 16.5. The molecule has 0 spiro atoms. The van der Waals surface area contributed by atoms with E-state index in [1.54, 1.807) is 22.8 Å². The van der Waals surface area contributed by atoms with E-state index >= 15 is 0 Å². The van der Waals surface area contributed by atoms with Gasteiger partial charge in [0.05, 0.1) is 18.7 Å². The molecule has 0 aliphatic carbocycles. The highest BCUT2D eigenvalue weighted by atomic mass is 35.5. The van der Waals surface area contributed by atoms with Crippen LogP contribution in [0.15, 0.2) is 59.4 Å². The number of pyridine rings is 1. The maximum Gasteiger partial charge on any atom is 0.256 e. The average Bonchev–Trinajstić information content (AvgIpc) is 2.57. The quantitative estimate of drug-likeness (QED) is 0.782. The first kappa shape index (κ1) is 15.6. The summed E-state index contributed by atoms with van der Waals surface area (Å²) in [5.74, 6) is 0.751. The Hall–Kier alpha value is -2.30. The van der Waals surface area contributed by atoms with Crippen LogP contribution in [-0.2, 0) is 13.2 Å². The lowest BCUT2D eigenvalue weighted by Gasteiger charge is -2.13. The van der Waals surface area contributed by atoms with Gasteiger partial charge in [0.1, 0.15) is 12.4 Å². The summed E-state index contributed by atoms with van der Waals surface area (Å²) in [5.41, 5.74) is 0.870. The first-order valence-corrected chi connectivity index (χ1v) is 7.67. The van der Waals surface area contributed by atoms with Gasteiger partial charge >= 0.3 is 0 Å². The first-order valence-electron chi connectivity index (χ1n) is 7.30. The topological polar surface area (TPSA) is 51.5 Å². The van der Waals surface area contributed by atoms with E-state index < -0.39 is 0 Å². The molecule has 0 aliphatic rings. The summed E-state index contributed by atoms with van der Waals surface area (Å²) in [6.07, 6.45) is 0. The minimum Gasteiger partial charge on any atom is -0.492 e. The van der Waals surface area contributed by atoms with E-state index in [0.717, 1.165) is 16.7 Å². The van der Waals surface area contributed by atoms with E-state index in [2.05, 4.69) is 0 Å². The number of benzene rings is 2. The third-order valence-electron chi connectivity index (χ3n) is 3.63. The van der Waals surface area contributed by atoms with Gasteiger partial charge < -0.3 is 14.4 Å². The predicted octanol–water partition coefficient (Wildman–Crippen LogP) is 3.23. The Labute approximate surface area is 138 Å². The van der Waals surface area contributed by atoms with Crippen molar-refractivity contribution in [2.45, 2.75) is 13.2 Å². The molecule has 1 N–H and O–H groups in total. The Morgan fingerprint density at radius 2 is 1.87 bits per heavy atom. The maximum absolute atomic E-state index is 12.5. The smallest absolute Gasteiger partial charge is 0.256 e. The van der Waals surface area contributed by atoms with Crippen molar-refractivity contribution in [1.82, 2.24) is 4.57 Å². The van der Waals surface area contributed by atoms with Gasteiger partial charge in [-0.3, -0.25) is 4.79 Å². The van der Waals surface area contributed by atoms with Gasteiger partial charge in [0, 0.05) is 10.6 Å². The van der Waals surface area contributed by atoms with Crippen LogP contribution < -0.4 is 10.3 Å². The fraction of sp³-hybridized carbons (Fsp3) is 0.167. The van der Waals surface area contributed by atoms with Gasteiger partial charge in [-0.25, -0.2) is 0 Å². The summed E-state index contributed by atoms with van der Waals surface area (Å²) in [5, 5.41) is 10.8. The maximum atomic E-state index is 12.5. The Morgan fingerprint density at radius 3 is 2.61 bits per heavy atom. The van der Waals surface area contributed by atoms with Crippen molar-refractivity contribution >= 4 is 22.5 Å². The number of hydrogen-bond acceptors (Lipinski definition) is 3. The number of halogens is 1. The van der Waals surface area contributed by atoms with Crippen LogP contribution in [0, 0.1) is 0 Å². The summed E-state index contributed by atoms with van der Waals surface area (Å²) in [7, 11) is 0. The SMILES string of the molecule is O=c1c(CO)cc2ccc(Cl)cc2n1CCOc1ccccc1. The molecule has 0 amide bonds. The molecule has 0 atom stereocenters. The molecule has 0 saturated heterocycles. The molecule has 5 heteroatoms. The molecule has 0 fully saturated rings. The van der Waals surface area contributed by atoms with Gasteiger partial charge in [-0.05, 0) is 35.7 Å². The first-order chi connectivity index (χ1) is 11.2. The molecule has 1 aromatic heterocycles. The number of rotatable bonds is 5. The third-order valence-corrected chi connectivity index (χ3v) is 3.87. The Kier molecular flexibility index (Phi) is 4.65. The van der Waals surface area contributed by atoms with E-state index in [-0.39, 0.29) is 12.2 Å². The van der Waals surface area contributed by atoms with Crippen molar-refractivity contribution in [2.24, 2.45) is 0 Å². The lowest BCUT2D eigenvalue weighted by atomic mass is 10.1. The highest BCUT2D eigenvalue weighted by Gasteiger charge is 2.09. The molecule has 0 radical (unpaired) electrons. The van der Waals surface area contributed by atoms with Crippen LogP contribution in [0.1, 0.15) is 5.56 Å². The summed E-state index contributed by atoms with van der Waals surface area (Å²) < 4.78 is 7.26.